The summed E-state index contributed by atoms with van der Waals surface area (Å²) in [6.45, 7) is 7.92. The lowest BCUT2D eigenvalue weighted by Crippen LogP contribution is -2.06. The lowest BCUT2D eigenvalue weighted by molar-refractivity contribution is 0.241. The number of aromatic nitrogens is 2. The number of nitrogens with zero attached hydrogens (tertiary/aromatic N) is 3. The van der Waals surface area contributed by atoms with E-state index in [0.29, 0.717) is 5.95 Å². The molecule has 0 radical (unpaired) electrons. The summed E-state index contributed by atoms with van der Waals surface area (Å²) in [4.78, 5) is 4.09. The van der Waals surface area contributed by atoms with Crippen LogP contribution in [-0.2, 0) is 0 Å². The number of aryl methyl sites for hydroxylation is 2. The van der Waals surface area contributed by atoms with Crippen molar-refractivity contribution in [3.05, 3.63) is 41.2 Å². The van der Waals surface area contributed by atoms with E-state index in [2.05, 4.69) is 10.1 Å². The number of hydrogen-bond donors (Lipinski definition) is 1. The van der Waals surface area contributed by atoms with Crippen molar-refractivity contribution in [1.82, 2.24) is 9.66 Å². The highest BCUT2D eigenvalue weighted by atomic mass is 16.5. The van der Waals surface area contributed by atoms with Crippen LogP contribution in [0.2, 0.25) is 0 Å². The van der Waals surface area contributed by atoms with Gasteiger partial charge in [-0.1, -0.05) is 0 Å². The smallest absolute Gasteiger partial charge is 0.221 e. The van der Waals surface area contributed by atoms with Gasteiger partial charge in [0.25, 0.3) is 0 Å². The molecule has 2 aromatic rings. The van der Waals surface area contributed by atoms with Crippen LogP contribution in [0.1, 0.15) is 30.7 Å². The van der Waals surface area contributed by atoms with E-state index in [1.54, 1.807) is 17.1 Å². The second-order valence-corrected chi connectivity index (χ2v) is 5.02. The summed E-state index contributed by atoms with van der Waals surface area (Å²) in [6, 6.07) is 5.95. The molecule has 1 aromatic heterocycles. The normalized spacial score (nSPS) is 11.4. The van der Waals surface area contributed by atoms with Gasteiger partial charge in [0.2, 0.25) is 5.95 Å². The molecule has 1 aromatic carbocycles. The van der Waals surface area contributed by atoms with E-state index in [9.17, 15) is 0 Å². The minimum atomic E-state index is 0.168. The molecule has 0 fully saturated rings. The van der Waals surface area contributed by atoms with Crippen molar-refractivity contribution in [3.63, 3.8) is 0 Å². The third kappa shape index (κ3) is 3.38. The average molecular weight is 272 g/mol. The number of anilines is 1. The van der Waals surface area contributed by atoms with Crippen LogP contribution >= 0.6 is 0 Å². The number of benzene rings is 1. The lowest BCUT2D eigenvalue weighted by Gasteiger charge is -2.12. The van der Waals surface area contributed by atoms with E-state index in [-0.39, 0.29) is 6.10 Å². The molecule has 5 nitrogen and oxygen atoms in total. The lowest BCUT2D eigenvalue weighted by atomic mass is 10.1. The molecular weight excluding hydrogens is 252 g/mol. The second kappa shape index (κ2) is 5.77. The average Bonchev–Trinajstić information content (AvgIpc) is 2.68. The van der Waals surface area contributed by atoms with Crippen molar-refractivity contribution >= 4 is 12.2 Å². The maximum atomic E-state index is 5.73. The van der Waals surface area contributed by atoms with Gasteiger partial charge in [-0.15, -0.1) is 0 Å². The van der Waals surface area contributed by atoms with Gasteiger partial charge in [0.1, 0.15) is 5.75 Å². The number of nitrogen functional groups attached to an aromatic ring is 1. The Labute approximate surface area is 119 Å². The van der Waals surface area contributed by atoms with Gasteiger partial charge in [0, 0.05) is 0 Å². The molecule has 0 atom stereocenters. The van der Waals surface area contributed by atoms with Crippen LogP contribution in [0.15, 0.2) is 29.5 Å². The Morgan fingerprint density at radius 2 is 2.10 bits per heavy atom. The van der Waals surface area contributed by atoms with Gasteiger partial charge in [-0.05, 0) is 57.0 Å². The van der Waals surface area contributed by atoms with E-state index in [4.69, 9.17) is 10.5 Å². The maximum absolute atomic E-state index is 5.73. The first kappa shape index (κ1) is 14.1. The molecule has 0 aliphatic rings. The molecule has 2 rings (SSSR count). The van der Waals surface area contributed by atoms with Crippen molar-refractivity contribution < 1.29 is 4.74 Å². The first-order chi connectivity index (χ1) is 9.45. The topological polar surface area (TPSA) is 65.4 Å². The SMILES string of the molecule is Cc1cn(N=Cc2ccc(OC(C)C)c(C)c2)c(N)n1. The summed E-state index contributed by atoms with van der Waals surface area (Å²) in [5.74, 6) is 1.28. The summed E-state index contributed by atoms with van der Waals surface area (Å²) in [7, 11) is 0. The highest BCUT2D eigenvalue weighted by molar-refractivity contribution is 5.80. The van der Waals surface area contributed by atoms with Crippen LogP contribution < -0.4 is 10.5 Å². The fraction of sp³-hybridized carbons (Fsp3) is 0.333. The van der Waals surface area contributed by atoms with E-state index >= 15 is 0 Å². The predicted molar refractivity (Wildman–Crippen MR) is 81.3 cm³/mol. The van der Waals surface area contributed by atoms with Gasteiger partial charge in [0.15, 0.2) is 0 Å². The summed E-state index contributed by atoms with van der Waals surface area (Å²) < 4.78 is 7.26. The van der Waals surface area contributed by atoms with E-state index in [0.717, 1.165) is 22.6 Å². The quantitative estimate of drug-likeness (QED) is 0.870. The Hall–Kier alpha value is -2.30. The van der Waals surface area contributed by atoms with E-state index in [1.165, 1.54) is 0 Å². The zero-order valence-electron chi connectivity index (χ0n) is 12.3. The maximum Gasteiger partial charge on any atom is 0.221 e. The molecule has 5 heteroatoms. The third-order valence-corrected chi connectivity index (χ3v) is 2.73. The molecule has 0 saturated heterocycles. The Bertz CT molecular complexity index is 629. The van der Waals surface area contributed by atoms with Gasteiger partial charge >= 0.3 is 0 Å². The fourth-order valence-electron chi connectivity index (χ4n) is 1.86. The highest BCUT2D eigenvalue weighted by Gasteiger charge is 2.03. The molecule has 2 N–H and O–H groups in total. The Kier molecular flexibility index (Phi) is 4.08. The minimum Gasteiger partial charge on any atom is -0.491 e. The highest BCUT2D eigenvalue weighted by Crippen LogP contribution is 2.19. The Morgan fingerprint density at radius 1 is 1.35 bits per heavy atom. The van der Waals surface area contributed by atoms with Crippen LogP contribution in [0, 0.1) is 13.8 Å². The predicted octanol–water partition coefficient (Wildman–Crippen LogP) is 2.75. The molecule has 0 bridgehead atoms. The molecule has 0 aliphatic heterocycles. The van der Waals surface area contributed by atoms with Crippen molar-refractivity contribution in [1.29, 1.82) is 0 Å². The fourth-order valence-corrected chi connectivity index (χ4v) is 1.86. The Morgan fingerprint density at radius 3 is 2.65 bits per heavy atom. The molecule has 0 amide bonds. The summed E-state index contributed by atoms with van der Waals surface area (Å²) in [5, 5.41) is 4.29. The van der Waals surface area contributed by atoms with Gasteiger partial charge in [-0.25, -0.2) is 9.66 Å². The molecule has 106 valence electrons. The molecule has 1 heterocycles. The van der Waals surface area contributed by atoms with E-state index in [1.807, 2.05) is 45.9 Å². The Balaban J connectivity index is 2.18. The van der Waals surface area contributed by atoms with Gasteiger partial charge in [-0.2, -0.15) is 5.10 Å². The zero-order valence-corrected chi connectivity index (χ0v) is 12.3. The molecule has 0 aliphatic carbocycles. The minimum absolute atomic E-state index is 0.168. The van der Waals surface area contributed by atoms with Crippen LogP contribution in [0.25, 0.3) is 0 Å². The van der Waals surface area contributed by atoms with Crippen molar-refractivity contribution in [2.24, 2.45) is 5.10 Å². The molecular formula is C15H20N4O. The van der Waals surface area contributed by atoms with Gasteiger partial charge in [0.05, 0.1) is 24.2 Å². The summed E-state index contributed by atoms with van der Waals surface area (Å²) in [6.07, 6.45) is 3.71. The standard InChI is InChI=1S/C15H20N4O/c1-10(2)20-14-6-5-13(7-11(14)3)8-17-19-9-12(4)18-15(19)16/h5-10H,1-4H3,(H2,16,18). The van der Waals surface area contributed by atoms with Crippen molar-refractivity contribution in [2.45, 2.75) is 33.8 Å². The molecule has 0 spiro atoms. The van der Waals surface area contributed by atoms with Crippen LogP contribution in [0.5, 0.6) is 5.75 Å². The second-order valence-electron chi connectivity index (χ2n) is 5.02. The van der Waals surface area contributed by atoms with Crippen LogP contribution in [0.3, 0.4) is 0 Å². The molecule has 20 heavy (non-hydrogen) atoms. The zero-order chi connectivity index (χ0) is 14.7. The molecule has 0 unspecified atom stereocenters. The molecule has 0 saturated carbocycles. The summed E-state index contributed by atoms with van der Waals surface area (Å²) in [5.41, 5.74) is 8.65. The number of nitrogens with two attached hydrogens (primary N) is 1. The van der Waals surface area contributed by atoms with Crippen LogP contribution in [-0.4, -0.2) is 22.0 Å². The number of ether oxygens (including phenoxy) is 1. The van der Waals surface area contributed by atoms with Gasteiger partial charge in [-0.3, -0.25) is 0 Å². The monoisotopic (exact) mass is 272 g/mol. The van der Waals surface area contributed by atoms with Crippen LogP contribution in [0.4, 0.5) is 5.95 Å². The first-order valence-corrected chi connectivity index (χ1v) is 6.59. The van der Waals surface area contributed by atoms with Crippen molar-refractivity contribution in [2.75, 3.05) is 5.73 Å². The number of hydrogen-bond acceptors (Lipinski definition) is 4. The number of rotatable bonds is 4. The first-order valence-electron chi connectivity index (χ1n) is 6.59. The largest absolute Gasteiger partial charge is 0.491 e. The number of imidazole rings is 1. The van der Waals surface area contributed by atoms with Gasteiger partial charge < -0.3 is 10.5 Å². The van der Waals surface area contributed by atoms with Crippen molar-refractivity contribution in [3.8, 4) is 5.75 Å². The third-order valence-electron chi connectivity index (χ3n) is 2.73. The summed E-state index contributed by atoms with van der Waals surface area (Å²) >= 11 is 0. The van der Waals surface area contributed by atoms with E-state index < -0.39 is 0 Å².